The second-order valence-corrected chi connectivity index (χ2v) is 21.4. The number of nitrogens with zero attached hydrogens (tertiary/aromatic N) is 10. The molecule has 10 rings (SSSR count). The van der Waals surface area contributed by atoms with Crippen molar-refractivity contribution in [3.05, 3.63) is 142 Å². The number of imide groups is 1. The maximum Gasteiger partial charge on any atom is 0.278 e. The average Bonchev–Trinajstić information content (AvgIpc) is 4.21. The molecule has 3 aromatic carbocycles. The molecule has 1 atom stereocenters. The number of aromatic nitrogens is 5. The molecule has 22 nitrogen and oxygen atoms in total. The summed E-state index contributed by atoms with van der Waals surface area (Å²) in [5, 5.41) is 16.6. The third kappa shape index (κ3) is 13.9. The number of rotatable bonds is 25. The molecule has 0 radical (unpaired) electrons. The Morgan fingerprint density at radius 3 is 2.22 bits per heavy atom. The second-order valence-electron chi connectivity index (χ2n) is 21.4. The molecule has 0 spiro atoms. The minimum absolute atomic E-state index is 0.0742. The number of piperazine rings is 2. The normalized spacial score (nSPS) is 17.1. The van der Waals surface area contributed by atoms with Crippen LogP contribution in [-0.2, 0) is 60.4 Å². The van der Waals surface area contributed by atoms with Crippen LogP contribution < -0.4 is 25.8 Å². The molecular weight excluding hydrogens is 1050 g/mol. The SMILES string of the molecule is C=CCn1c(=O)c2cnc(Nc3ccc(N4CCN(C(=O)CCOCCOCCOCCN5CCN(Cc6ccc(COc7cccc8c7CN(C7CCC(=O)NC7=O)C8=O)cc6)CC5)CC4)cc3)nc2n1-c1cccc(C(C)(C)O)n1. The van der Waals surface area contributed by atoms with Crippen molar-refractivity contribution in [3.63, 3.8) is 0 Å². The minimum Gasteiger partial charge on any atom is -0.489 e. The van der Waals surface area contributed by atoms with Gasteiger partial charge in [-0.05, 0) is 79.9 Å². The Hall–Kier alpha value is -7.86. The van der Waals surface area contributed by atoms with E-state index in [0.717, 1.165) is 61.8 Å². The van der Waals surface area contributed by atoms with Gasteiger partial charge in [0.05, 0.1) is 64.8 Å². The van der Waals surface area contributed by atoms with Crippen molar-refractivity contribution in [3.8, 4) is 11.6 Å². The molecule has 1 unspecified atom stereocenters. The lowest BCUT2D eigenvalue weighted by Crippen LogP contribution is -2.52. The number of ether oxygens (including phenoxy) is 4. The summed E-state index contributed by atoms with van der Waals surface area (Å²) in [6.07, 6.45) is 3.97. The summed E-state index contributed by atoms with van der Waals surface area (Å²) in [6.45, 7) is 19.0. The van der Waals surface area contributed by atoms with Crippen molar-refractivity contribution in [2.45, 2.75) is 71.0 Å². The molecule has 0 aliphatic carbocycles. The summed E-state index contributed by atoms with van der Waals surface area (Å²) in [5.74, 6) is 0.466. The van der Waals surface area contributed by atoms with E-state index >= 15 is 0 Å². The first kappa shape index (κ1) is 57.4. The van der Waals surface area contributed by atoms with Gasteiger partial charge >= 0.3 is 0 Å². The van der Waals surface area contributed by atoms with Crippen LogP contribution in [0.25, 0.3) is 16.9 Å². The molecule has 6 aromatic rings. The summed E-state index contributed by atoms with van der Waals surface area (Å²) < 4.78 is 26.6. The molecule has 4 aliphatic rings. The molecule has 0 saturated carbocycles. The van der Waals surface area contributed by atoms with E-state index in [-0.39, 0.29) is 42.8 Å². The molecule has 3 fully saturated rings. The molecule has 4 amide bonds. The Morgan fingerprint density at radius 1 is 0.805 bits per heavy atom. The van der Waals surface area contributed by atoms with Crippen LogP contribution in [0.1, 0.15) is 65.9 Å². The lowest BCUT2D eigenvalue weighted by Gasteiger charge is -2.36. The summed E-state index contributed by atoms with van der Waals surface area (Å²) in [7, 11) is 0. The zero-order valence-electron chi connectivity index (χ0n) is 46.7. The van der Waals surface area contributed by atoms with Gasteiger partial charge in [0.15, 0.2) is 11.5 Å². The van der Waals surface area contributed by atoms with Crippen LogP contribution in [0.15, 0.2) is 109 Å². The van der Waals surface area contributed by atoms with Gasteiger partial charge in [0.1, 0.15) is 29.4 Å². The standard InChI is InChI=1S/C60H72N12O10/c1-4-22-71-58(77)47-38-61-59(65-55(47)72(71)52-10-6-9-51(63-52)60(2,3)78)62-44-15-17-45(18-16-44)68-27-29-69(30-28-68)54(74)21-32-79-34-36-81-37-35-80-33-31-66-23-25-67(26-24-66)39-42-11-13-43(14-12-42)41-82-50-8-5-7-46-48(50)40-70(57(46)76)49-19-20-53(73)64-56(49)75/h4-18,38,49,78H,1,19-37,39-41H2,2-3H3,(H,61,62,65)(H,64,73,75). The second kappa shape index (κ2) is 26.4. The number of allylic oxidation sites excluding steroid dienone is 1. The largest absolute Gasteiger partial charge is 0.489 e. The van der Waals surface area contributed by atoms with E-state index in [4.69, 9.17) is 23.9 Å². The van der Waals surface area contributed by atoms with Crippen molar-refractivity contribution in [1.82, 2.24) is 49.2 Å². The Balaban J connectivity index is 0.554. The first-order valence-electron chi connectivity index (χ1n) is 28.1. The molecular formula is C60H72N12O10. The van der Waals surface area contributed by atoms with Gasteiger partial charge < -0.3 is 44.1 Å². The predicted molar refractivity (Wildman–Crippen MR) is 307 cm³/mol. The number of aliphatic hydroxyl groups is 1. The van der Waals surface area contributed by atoms with E-state index in [1.807, 2.05) is 35.2 Å². The number of pyridine rings is 1. The number of piperidine rings is 1. The van der Waals surface area contributed by atoms with Crippen LogP contribution in [0.4, 0.5) is 17.3 Å². The lowest BCUT2D eigenvalue weighted by atomic mass is 10.0. The Labute approximate surface area is 476 Å². The minimum atomic E-state index is -1.19. The molecule has 7 heterocycles. The first-order valence-corrected chi connectivity index (χ1v) is 28.1. The summed E-state index contributed by atoms with van der Waals surface area (Å²) in [5.41, 5.74) is 4.69. The number of hydrogen-bond donors (Lipinski definition) is 3. The van der Waals surface area contributed by atoms with Gasteiger partial charge in [-0.25, -0.2) is 19.3 Å². The average molecular weight is 1120 g/mol. The Morgan fingerprint density at radius 2 is 1.50 bits per heavy atom. The molecule has 432 valence electrons. The van der Waals surface area contributed by atoms with E-state index in [0.29, 0.717) is 125 Å². The number of nitrogens with one attached hydrogen (secondary N) is 2. The number of carbonyl (C=O) groups is 4. The topological polar surface area (TPSA) is 231 Å². The summed E-state index contributed by atoms with van der Waals surface area (Å²) in [6, 6.07) is 26.4. The fourth-order valence-electron chi connectivity index (χ4n) is 10.7. The van der Waals surface area contributed by atoms with E-state index in [9.17, 15) is 29.1 Å². The van der Waals surface area contributed by atoms with Gasteiger partial charge in [0.2, 0.25) is 23.7 Å². The third-order valence-electron chi connectivity index (χ3n) is 15.3. The summed E-state index contributed by atoms with van der Waals surface area (Å²) in [4.78, 5) is 88.2. The molecule has 3 N–H and O–H groups in total. The fourth-order valence-corrected chi connectivity index (χ4v) is 10.7. The predicted octanol–water partition coefficient (Wildman–Crippen LogP) is 4.38. The maximum absolute atomic E-state index is 13.4. The van der Waals surface area contributed by atoms with Crippen LogP contribution >= 0.6 is 0 Å². The van der Waals surface area contributed by atoms with Gasteiger partial charge in [0, 0.05) is 101 Å². The van der Waals surface area contributed by atoms with Crippen LogP contribution in [-0.4, -0.2) is 177 Å². The van der Waals surface area contributed by atoms with Crippen molar-refractivity contribution in [2.24, 2.45) is 0 Å². The molecule has 3 saturated heterocycles. The Kier molecular flexibility index (Phi) is 18.5. The van der Waals surface area contributed by atoms with E-state index in [2.05, 4.69) is 66.1 Å². The zero-order chi connectivity index (χ0) is 57.2. The zero-order valence-corrected chi connectivity index (χ0v) is 46.7. The number of amides is 4. The highest BCUT2D eigenvalue weighted by Gasteiger charge is 2.40. The molecule has 82 heavy (non-hydrogen) atoms. The highest BCUT2D eigenvalue weighted by atomic mass is 16.5. The molecule has 3 aromatic heterocycles. The highest BCUT2D eigenvalue weighted by Crippen LogP contribution is 2.34. The summed E-state index contributed by atoms with van der Waals surface area (Å²) >= 11 is 0. The van der Waals surface area contributed by atoms with Gasteiger partial charge in [-0.2, -0.15) is 4.98 Å². The number of hydrogen-bond acceptors (Lipinski definition) is 17. The monoisotopic (exact) mass is 1120 g/mol. The van der Waals surface area contributed by atoms with Crippen LogP contribution in [0.3, 0.4) is 0 Å². The van der Waals surface area contributed by atoms with Crippen LogP contribution in [0.5, 0.6) is 5.75 Å². The van der Waals surface area contributed by atoms with Crippen molar-refractivity contribution in [2.75, 3.05) is 109 Å². The first-order chi connectivity index (χ1) is 39.8. The Bertz CT molecular complexity index is 3290. The van der Waals surface area contributed by atoms with Gasteiger partial charge in [-0.15, -0.1) is 6.58 Å². The van der Waals surface area contributed by atoms with E-state index in [1.54, 1.807) is 54.9 Å². The number of carbonyl (C=O) groups excluding carboxylic acids is 4. The number of anilines is 3. The van der Waals surface area contributed by atoms with E-state index < -0.39 is 17.6 Å². The lowest BCUT2D eigenvalue weighted by molar-refractivity contribution is -0.137. The quantitative estimate of drug-likeness (QED) is 0.0410. The molecule has 22 heteroatoms. The van der Waals surface area contributed by atoms with Gasteiger partial charge in [-0.3, -0.25) is 39.1 Å². The molecule has 4 aliphatic heterocycles. The number of fused-ring (bicyclic) bond motifs is 2. The van der Waals surface area contributed by atoms with Gasteiger partial charge in [-0.1, -0.05) is 42.5 Å². The maximum atomic E-state index is 13.4. The smallest absolute Gasteiger partial charge is 0.278 e. The number of benzene rings is 3. The van der Waals surface area contributed by atoms with Crippen LogP contribution in [0.2, 0.25) is 0 Å². The van der Waals surface area contributed by atoms with Gasteiger partial charge in [0.25, 0.3) is 11.5 Å². The van der Waals surface area contributed by atoms with Crippen molar-refractivity contribution in [1.29, 1.82) is 0 Å². The fraction of sp³-hybridized carbons (Fsp3) is 0.433. The van der Waals surface area contributed by atoms with E-state index in [1.165, 1.54) is 21.3 Å². The van der Waals surface area contributed by atoms with Crippen LogP contribution in [0, 0.1) is 0 Å². The third-order valence-corrected chi connectivity index (χ3v) is 15.3. The molecule has 0 bridgehead atoms. The van der Waals surface area contributed by atoms with Crippen molar-refractivity contribution >= 4 is 52.0 Å². The highest BCUT2D eigenvalue weighted by molar-refractivity contribution is 6.05. The van der Waals surface area contributed by atoms with Crippen molar-refractivity contribution < 1.29 is 43.2 Å².